The summed E-state index contributed by atoms with van der Waals surface area (Å²) in [5, 5.41) is 2.88. The lowest BCUT2D eigenvalue weighted by molar-refractivity contribution is -0.122. The van der Waals surface area contributed by atoms with Crippen molar-refractivity contribution in [2.24, 2.45) is 22.6 Å². The van der Waals surface area contributed by atoms with E-state index in [2.05, 4.69) is 22.1 Å². The highest BCUT2D eigenvalue weighted by Crippen LogP contribution is 2.43. The lowest BCUT2D eigenvalue weighted by atomic mass is 9.96. The first-order valence-electron chi connectivity index (χ1n) is 10.2. The molecule has 4 rings (SSSR count). The van der Waals surface area contributed by atoms with Gasteiger partial charge in [0.25, 0.3) is 5.91 Å². The molecule has 3 aliphatic rings. The van der Waals surface area contributed by atoms with E-state index in [4.69, 9.17) is 5.73 Å². The van der Waals surface area contributed by atoms with Gasteiger partial charge in [0.05, 0.1) is 12.2 Å². The van der Waals surface area contributed by atoms with E-state index in [-0.39, 0.29) is 17.9 Å². The lowest BCUT2D eigenvalue weighted by Gasteiger charge is -2.31. The Labute approximate surface area is 166 Å². The van der Waals surface area contributed by atoms with Crippen LogP contribution in [0.15, 0.2) is 29.3 Å². The molecule has 7 nitrogen and oxygen atoms in total. The SMILES string of the molecule is CC1CCN(C(N)=NCc2ccc(N3C(=O)NC(C)(C4CC4)C3=O)cc2)CC1. The maximum Gasteiger partial charge on any atom is 0.329 e. The van der Waals surface area contributed by atoms with E-state index in [0.717, 1.165) is 50.3 Å². The maximum atomic E-state index is 12.8. The monoisotopic (exact) mass is 383 g/mol. The highest BCUT2D eigenvalue weighted by molar-refractivity contribution is 6.23. The number of nitrogens with one attached hydrogen (secondary N) is 1. The van der Waals surface area contributed by atoms with Gasteiger partial charge < -0.3 is 16.0 Å². The second-order valence-corrected chi connectivity index (χ2v) is 8.56. The molecule has 3 N–H and O–H groups in total. The molecule has 1 aromatic carbocycles. The number of hydrogen-bond acceptors (Lipinski definition) is 3. The Kier molecular flexibility index (Phi) is 4.77. The van der Waals surface area contributed by atoms with Crippen LogP contribution in [0.5, 0.6) is 0 Å². The van der Waals surface area contributed by atoms with Crippen LogP contribution in [0.3, 0.4) is 0 Å². The Bertz CT molecular complexity index is 794. The molecule has 1 aliphatic carbocycles. The third-order valence-corrected chi connectivity index (χ3v) is 6.34. The molecule has 1 unspecified atom stereocenters. The number of piperidine rings is 1. The minimum absolute atomic E-state index is 0.158. The number of likely N-dealkylation sites (tertiary alicyclic amines) is 1. The molecule has 3 amide bonds. The zero-order valence-corrected chi connectivity index (χ0v) is 16.6. The zero-order chi connectivity index (χ0) is 19.9. The molecule has 0 bridgehead atoms. The number of nitrogens with zero attached hydrogens (tertiary/aromatic N) is 3. The number of imide groups is 1. The third-order valence-electron chi connectivity index (χ3n) is 6.34. The quantitative estimate of drug-likeness (QED) is 0.475. The molecule has 0 radical (unpaired) electrons. The number of benzene rings is 1. The Morgan fingerprint density at radius 2 is 1.82 bits per heavy atom. The fraction of sp³-hybridized carbons (Fsp3) is 0.571. The van der Waals surface area contributed by atoms with Gasteiger partial charge in [0.2, 0.25) is 0 Å². The summed E-state index contributed by atoms with van der Waals surface area (Å²) in [4.78, 5) is 33.1. The van der Waals surface area contributed by atoms with Gasteiger partial charge in [-0.05, 0) is 62.1 Å². The highest BCUT2D eigenvalue weighted by Gasteiger charge is 2.56. The number of rotatable bonds is 4. The van der Waals surface area contributed by atoms with Crippen molar-refractivity contribution < 1.29 is 9.59 Å². The van der Waals surface area contributed by atoms with Crippen molar-refractivity contribution in [3.8, 4) is 0 Å². The molecule has 7 heteroatoms. The average molecular weight is 383 g/mol. The number of nitrogens with two attached hydrogens (primary N) is 1. The van der Waals surface area contributed by atoms with Crippen LogP contribution < -0.4 is 16.0 Å². The van der Waals surface area contributed by atoms with E-state index >= 15 is 0 Å². The molecule has 28 heavy (non-hydrogen) atoms. The molecule has 1 saturated carbocycles. The molecule has 2 aliphatic heterocycles. The number of hydrogen-bond donors (Lipinski definition) is 2. The predicted molar refractivity (Wildman–Crippen MR) is 109 cm³/mol. The van der Waals surface area contributed by atoms with Crippen molar-refractivity contribution in [1.29, 1.82) is 0 Å². The zero-order valence-electron chi connectivity index (χ0n) is 16.6. The summed E-state index contributed by atoms with van der Waals surface area (Å²) >= 11 is 0. The van der Waals surface area contributed by atoms with Crippen LogP contribution >= 0.6 is 0 Å². The summed E-state index contributed by atoms with van der Waals surface area (Å²) in [5.74, 6) is 1.44. The topological polar surface area (TPSA) is 91.0 Å². The Morgan fingerprint density at radius 1 is 1.18 bits per heavy atom. The molecule has 1 atom stereocenters. The standard InChI is InChI=1S/C21H29N5O2/c1-14-9-11-25(12-10-14)19(22)23-13-15-3-7-17(8-4-15)26-18(27)21(2,16-5-6-16)24-20(26)28/h3-4,7-8,14,16H,5-6,9-13H2,1-2H3,(H2,22,23)(H,24,28). The van der Waals surface area contributed by atoms with Gasteiger partial charge in [-0.1, -0.05) is 19.1 Å². The van der Waals surface area contributed by atoms with Crippen molar-refractivity contribution in [1.82, 2.24) is 10.2 Å². The largest absolute Gasteiger partial charge is 0.370 e. The fourth-order valence-electron chi connectivity index (χ4n) is 4.09. The lowest BCUT2D eigenvalue weighted by Crippen LogP contribution is -2.46. The van der Waals surface area contributed by atoms with Gasteiger partial charge in [0.1, 0.15) is 5.54 Å². The minimum atomic E-state index is -0.763. The number of carbonyl (C=O) groups excluding carboxylic acids is 2. The first kappa shape index (κ1) is 18.8. The van der Waals surface area contributed by atoms with Crippen LogP contribution in [-0.2, 0) is 11.3 Å². The Balaban J connectivity index is 1.41. The van der Waals surface area contributed by atoms with Crippen molar-refractivity contribution in [2.75, 3.05) is 18.0 Å². The summed E-state index contributed by atoms with van der Waals surface area (Å²) in [5.41, 5.74) is 6.97. The fourth-order valence-corrected chi connectivity index (χ4v) is 4.09. The van der Waals surface area contributed by atoms with E-state index in [0.29, 0.717) is 18.2 Å². The minimum Gasteiger partial charge on any atom is -0.370 e. The van der Waals surface area contributed by atoms with Gasteiger partial charge in [-0.25, -0.2) is 14.7 Å². The van der Waals surface area contributed by atoms with Crippen molar-refractivity contribution in [3.63, 3.8) is 0 Å². The van der Waals surface area contributed by atoms with Crippen molar-refractivity contribution >= 4 is 23.6 Å². The number of amides is 3. The van der Waals surface area contributed by atoms with Crippen LogP contribution in [0.1, 0.15) is 45.1 Å². The molecule has 1 aromatic rings. The number of urea groups is 1. The van der Waals surface area contributed by atoms with Crippen LogP contribution in [0, 0.1) is 11.8 Å². The number of guanidine groups is 1. The van der Waals surface area contributed by atoms with Crippen LogP contribution in [0.25, 0.3) is 0 Å². The van der Waals surface area contributed by atoms with Gasteiger partial charge in [0.15, 0.2) is 5.96 Å². The van der Waals surface area contributed by atoms with Gasteiger partial charge in [-0.2, -0.15) is 0 Å². The van der Waals surface area contributed by atoms with E-state index in [1.807, 2.05) is 19.1 Å². The molecule has 150 valence electrons. The Hall–Kier alpha value is -2.57. The molecule has 0 aromatic heterocycles. The van der Waals surface area contributed by atoms with Gasteiger partial charge >= 0.3 is 6.03 Å². The van der Waals surface area contributed by atoms with Crippen LogP contribution in [0.2, 0.25) is 0 Å². The van der Waals surface area contributed by atoms with E-state index in [9.17, 15) is 9.59 Å². The molecule has 3 fully saturated rings. The molecule has 2 saturated heterocycles. The number of anilines is 1. The number of aliphatic imine (C=N–C) groups is 1. The summed E-state index contributed by atoms with van der Waals surface area (Å²) in [6.07, 6.45) is 4.28. The smallest absolute Gasteiger partial charge is 0.329 e. The molecular formula is C21H29N5O2. The summed E-state index contributed by atoms with van der Waals surface area (Å²) in [6.45, 7) is 6.50. The van der Waals surface area contributed by atoms with E-state index in [1.54, 1.807) is 12.1 Å². The van der Waals surface area contributed by atoms with Gasteiger partial charge in [-0.3, -0.25) is 4.79 Å². The predicted octanol–water partition coefficient (Wildman–Crippen LogP) is 2.46. The second kappa shape index (κ2) is 7.11. The van der Waals surface area contributed by atoms with E-state index < -0.39 is 5.54 Å². The number of carbonyl (C=O) groups is 2. The average Bonchev–Trinajstić information content (AvgIpc) is 3.50. The summed E-state index contributed by atoms with van der Waals surface area (Å²) in [7, 11) is 0. The maximum absolute atomic E-state index is 12.8. The first-order valence-corrected chi connectivity index (χ1v) is 10.2. The van der Waals surface area contributed by atoms with Crippen LogP contribution in [0.4, 0.5) is 10.5 Å². The van der Waals surface area contributed by atoms with E-state index in [1.165, 1.54) is 4.90 Å². The van der Waals surface area contributed by atoms with Crippen LogP contribution in [-0.4, -0.2) is 41.4 Å². The molecule has 2 heterocycles. The highest BCUT2D eigenvalue weighted by atomic mass is 16.2. The third kappa shape index (κ3) is 3.45. The summed E-state index contributed by atoms with van der Waals surface area (Å²) in [6, 6.07) is 7.07. The van der Waals surface area contributed by atoms with Crippen molar-refractivity contribution in [3.05, 3.63) is 29.8 Å². The summed E-state index contributed by atoms with van der Waals surface area (Å²) < 4.78 is 0. The molecule has 0 spiro atoms. The Morgan fingerprint density at radius 3 is 2.43 bits per heavy atom. The van der Waals surface area contributed by atoms with Crippen molar-refractivity contribution in [2.45, 2.75) is 51.6 Å². The normalized spacial score (nSPS) is 26.7. The second-order valence-electron chi connectivity index (χ2n) is 8.56. The first-order chi connectivity index (χ1) is 13.4. The molecular weight excluding hydrogens is 354 g/mol. The van der Waals surface area contributed by atoms with Gasteiger partial charge in [0, 0.05) is 13.1 Å². The van der Waals surface area contributed by atoms with Gasteiger partial charge in [-0.15, -0.1) is 0 Å².